The molecule has 1 amide bonds. The molecule has 7 nitrogen and oxygen atoms in total. The molecule has 29 heavy (non-hydrogen) atoms. The van der Waals surface area contributed by atoms with E-state index in [9.17, 15) is 14.4 Å². The van der Waals surface area contributed by atoms with Gasteiger partial charge in [-0.15, -0.1) is 6.58 Å². The van der Waals surface area contributed by atoms with Crippen molar-refractivity contribution >= 4 is 16.9 Å². The van der Waals surface area contributed by atoms with E-state index in [0.29, 0.717) is 29.7 Å². The maximum atomic E-state index is 12.7. The van der Waals surface area contributed by atoms with Crippen LogP contribution in [0.2, 0.25) is 0 Å². The number of hydrogen-bond donors (Lipinski definition) is 1. The third kappa shape index (κ3) is 4.35. The van der Waals surface area contributed by atoms with E-state index in [1.165, 1.54) is 9.13 Å². The number of fused-ring (bicyclic) bond motifs is 1. The van der Waals surface area contributed by atoms with Gasteiger partial charge >= 0.3 is 11.1 Å². The largest absolute Gasteiger partial charge is 0.383 e. The molecule has 0 bridgehead atoms. The molecule has 0 spiro atoms. The fourth-order valence-corrected chi connectivity index (χ4v) is 3.15. The van der Waals surface area contributed by atoms with Crippen LogP contribution in [0.4, 0.5) is 0 Å². The van der Waals surface area contributed by atoms with Gasteiger partial charge in [0, 0.05) is 25.8 Å². The Kier molecular flexibility index (Phi) is 6.41. The Labute approximate surface area is 167 Å². The molecule has 0 saturated heterocycles. The highest BCUT2D eigenvalue weighted by Crippen LogP contribution is 2.13. The van der Waals surface area contributed by atoms with Crippen LogP contribution >= 0.6 is 0 Å². The molecule has 0 atom stereocenters. The topological polar surface area (TPSA) is 82.3 Å². The van der Waals surface area contributed by atoms with Gasteiger partial charge in [0.05, 0.1) is 24.2 Å². The predicted molar refractivity (Wildman–Crippen MR) is 112 cm³/mol. The Morgan fingerprint density at radius 1 is 1.03 bits per heavy atom. The SMILES string of the molecule is C=CCn1c(=O)c(=O)n(Cc2ccc(C(=O)NCCOC)cc2)c2ccccc21. The first-order valence-corrected chi connectivity index (χ1v) is 9.26. The van der Waals surface area contributed by atoms with Crippen LogP contribution in [0.3, 0.4) is 0 Å². The van der Waals surface area contributed by atoms with Gasteiger partial charge in [-0.1, -0.05) is 30.3 Å². The number of rotatable bonds is 8. The number of ether oxygens (including phenoxy) is 1. The van der Waals surface area contributed by atoms with Gasteiger partial charge in [-0.05, 0) is 29.8 Å². The number of carbonyl (C=O) groups is 1. The van der Waals surface area contributed by atoms with Crippen molar-refractivity contribution in [2.24, 2.45) is 0 Å². The molecule has 0 saturated carbocycles. The minimum Gasteiger partial charge on any atom is -0.383 e. The molecule has 1 aromatic heterocycles. The third-order valence-corrected chi connectivity index (χ3v) is 4.60. The van der Waals surface area contributed by atoms with Gasteiger partial charge in [0.2, 0.25) is 0 Å². The second-order valence-corrected chi connectivity index (χ2v) is 6.53. The lowest BCUT2D eigenvalue weighted by atomic mass is 10.1. The number of benzene rings is 2. The van der Waals surface area contributed by atoms with Crippen molar-refractivity contribution in [3.05, 3.63) is 93.0 Å². The number of methoxy groups -OCH3 is 1. The van der Waals surface area contributed by atoms with Gasteiger partial charge in [0.15, 0.2) is 0 Å². The van der Waals surface area contributed by atoms with Crippen molar-refractivity contribution < 1.29 is 9.53 Å². The number of nitrogens with zero attached hydrogens (tertiary/aromatic N) is 2. The van der Waals surface area contributed by atoms with Gasteiger partial charge < -0.3 is 10.1 Å². The summed E-state index contributed by atoms with van der Waals surface area (Å²) < 4.78 is 7.80. The lowest BCUT2D eigenvalue weighted by molar-refractivity contribution is 0.0937. The lowest BCUT2D eigenvalue weighted by Crippen LogP contribution is -2.41. The summed E-state index contributed by atoms with van der Waals surface area (Å²) in [6.45, 7) is 5.03. The number of allylic oxidation sites excluding steroid dienone is 1. The minimum absolute atomic E-state index is 0.191. The molecule has 3 rings (SSSR count). The van der Waals surface area contributed by atoms with Crippen molar-refractivity contribution in [1.82, 2.24) is 14.5 Å². The number of amides is 1. The van der Waals surface area contributed by atoms with Crippen LogP contribution in [-0.2, 0) is 17.8 Å². The summed E-state index contributed by atoms with van der Waals surface area (Å²) in [7, 11) is 1.57. The summed E-state index contributed by atoms with van der Waals surface area (Å²) in [5.41, 5.74) is 1.49. The van der Waals surface area contributed by atoms with Gasteiger partial charge in [-0.2, -0.15) is 0 Å². The highest BCUT2D eigenvalue weighted by atomic mass is 16.5. The first kappa shape index (κ1) is 20.3. The van der Waals surface area contributed by atoms with E-state index >= 15 is 0 Å². The summed E-state index contributed by atoms with van der Waals surface area (Å²) in [6.07, 6.45) is 1.59. The summed E-state index contributed by atoms with van der Waals surface area (Å²) in [4.78, 5) is 37.4. The van der Waals surface area contributed by atoms with Crippen molar-refractivity contribution in [1.29, 1.82) is 0 Å². The number of aromatic nitrogens is 2. The van der Waals surface area contributed by atoms with E-state index in [0.717, 1.165) is 5.56 Å². The molecule has 150 valence electrons. The van der Waals surface area contributed by atoms with Gasteiger partial charge in [-0.3, -0.25) is 23.5 Å². The molecule has 3 aromatic rings. The predicted octanol–water partition coefficient (Wildman–Crippen LogP) is 1.77. The summed E-state index contributed by atoms with van der Waals surface area (Å²) in [5.74, 6) is -0.191. The third-order valence-electron chi connectivity index (χ3n) is 4.60. The van der Waals surface area contributed by atoms with E-state index in [1.807, 2.05) is 24.3 Å². The smallest absolute Gasteiger partial charge is 0.317 e. The number of carbonyl (C=O) groups excluding carboxylic acids is 1. The van der Waals surface area contributed by atoms with E-state index in [4.69, 9.17) is 4.74 Å². The molecule has 0 radical (unpaired) electrons. The molecule has 0 unspecified atom stereocenters. The van der Waals surface area contributed by atoms with E-state index < -0.39 is 11.1 Å². The monoisotopic (exact) mass is 393 g/mol. The Hall–Kier alpha value is -3.45. The minimum atomic E-state index is -0.591. The zero-order valence-electron chi connectivity index (χ0n) is 16.3. The quantitative estimate of drug-likeness (QED) is 0.359. The zero-order chi connectivity index (χ0) is 20.8. The number of hydrogen-bond acceptors (Lipinski definition) is 4. The van der Waals surface area contributed by atoms with Crippen molar-refractivity contribution in [3.8, 4) is 0 Å². The van der Waals surface area contributed by atoms with Crippen molar-refractivity contribution in [3.63, 3.8) is 0 Å². The average molecular weight is 393 g/mol. The summed E-state index contributed by atoms with van der Waals surface area (Å²) in [5, 5.41) is 2.76. The number of nitrogens with one attached hydrogen (secondary N) is 1. The lowest BCUT2D eigenvalue weighted by Gasteiger charge is -2.14. The molecule has 1 N–H and O–H groups in total. The first-order valence-electron chi connectivity index (χ1n) is 9.26. The highest BCUT2D eigenvalue weighted by Gasteiger charge is 2.13. The van der Waals surface area contributed by atoms with Crippen LogP contribution in [0, 0.1) is 0 Å². The maximum absolute atomic E-state index is 12.7. The number of para-hydroxylation sites is 2. The highest BCUT2D eigenvalue weighted by molar-refractivity contribution is 5.94. The van der Waals surface area contributed by atoms with Gasteiger partial charge in [0.25, 0.3) is 5.91 Å². The van der Waals surface area contributed by atoms with E-state index in [-0.39, 0.29) is 19.0 Å². The first-order chi connectivity index (χ1) is 14.1. The van der Waals surface area contributed by atoms with Crippen LogP contribution in [0.25, 0.3) is 11.0 Å². The molecule has 0 fully saturated rings. The van der Waals surface area contributed by atoms with Crippen molar-refractivity contribution in [2.75, 3.05) is 20.3 Å². The van der Waals surface area contributed by atoms with Crippen molar-refractivity contribution in [2.45, 2.75) is 13.1 Å². The molecule has 7 heteroatoms. The van der Waals surface area contributed by atoms with Crippen LogP contribution in [0.1, 0.15) is 15.9 Å². The van der Waals surface area contributed by atoms with Crippen LogP contribution in [0.15, 0.2) is 70.8 Å². The second kappa shape index (κ2) is 9.16. The molecule has 0 aliphatic rings. The van der Waals surface area contributed by atoms with E-state index in [2.05, 4.69) is 11.9 Å². The molecular weight excluding hydrogens is 370 g/mol. The molecular formula is C22H23N3O4. The normalized spacial score (nSPS) is 10.8. The molecule has 0 aliphatic heterocycles. The summed E-state index contributed by atoms with van der Waals surface area (Å²) in [6, 6.07) is 14.2. The Morgan fingerprint density at radius 3 is 2.28 bits per heavy atom. The summed E-state index contributed by atoms with van der Waals surface area (Å²) >= 11 is 0. The zero-order valence-corrected chi connectivity index (χ0v) is 16.3. The van der Waals surface area contributed by atoms with Gasteiger partial charge in [0.1, 0.15) is 0 Å². The van der Waals surface area contributed by atoms with Crippen LogP contribution in [-0.4, -0.2) is 35.3 Å². The Morgan fingerprint density at radius 2 is 1.66 bits per heavy atom. The fraction of sp³-hybridized carbons (Fsp3) is 0.227. The average Bonchev–Trinajstić information content (AvgIpc) is 2.75. The fourth-order valence-electron chi connectivity index (χ4n) is 3.15. The molecule has 0 aliphatic carbocycles. The van der Waals surface area contributed by atoms with Gasteiger partial charge in [-0.25, -0.2) is 0 Å². The Bertz CT molecular complexity index is 1140. The van der Waals surface area contributed by atoms with E-state index in [1.54, 1.807) is 37.5 Å². The van der Waals surface area contributed by atoms with Crippen LogP contribution in [0.5, 0.6) is 0 Å². The van der Waals surface area contributed by atoms with Crippen LogP contribution < -0.4 is 16.4 Å². The molecule has 2 aromatic carbocycles. The standard InChI is InChI=1S/C22H23N3O4/c1-3-13-24-18-6-4-5-7-19(18)25(22(28)21(24)27)15-16-8-10-17(11-9-16)20(26)23-12-14-29-2/h3-11H,1,12-15H2,2H3,(H,23,26). The maximum Gasteiger partial charge on any atom is 0.317 e. The Balaban J connectivity index is 1.93. The molecule has 1 heterocycles. The second-order valence-electron chi connectivity index (χ2n) is 6.53.